The fourth-order valence-corrected chi connectivity index (χ4v) is 1.56. The molecule has 0 bridgehead atoms. The van der Waals surface area contributed by atoms with Crippen LogP contribution >= 0.6 is 0 Å². The minimum absolute atomic E-state index is 0.267. The van der Waals surface area contributed by atoms with Crippen LogP contribution in [-0.2, 0) is 0 Å². The van der Waals surface area contributed by atoms with Crippen LogP contribution in [0.3, 0.4) is 0 Å². The van der Waals surface area contributed by atoms with E-state index in [1.165, 1.54) is 6.07 Å². The quantitative estimate of drug-likeness (QED) is 0.630. The molecule has 0 aliphatic heterocycles. The molecule has 0 saturated heterocycles. The second-order valence-corrected chi connectivity index (χ2v) is 3.79. The first kappa shape index (κ1) is 12.2. The summed E-state index contributed by atoms with van der Waals surface area (Å²) in [5.41, 5.74) is 6.81. The van der Waals surface area contributed by atoms with Gasteiger partial charge < -0.3 is 15.8 Å². The van der Waals surface area contributed by atoms with Crippen molar-refractivity contribution < 1.29 is 9.13 Å². The molecule has 0 amide bonds. The SMILES string of the molecule is Nc1ccccc1OCCNc1ccccc1F. The molecule has 0 aromatic heterocycles. The van der Waals surface area contributed by atoms with Crippen LogP contribution in [0, 0.1) is 5.82 Å². The summed E-state index contributed by atoms with van der Waals surface area (Å²) in [6, 6.07) is 13.8. The van der Waals surface area contributed by atoms with Gasteiger partial charge in [-0.3, -0.25) is 0 Å². The zero-order chi connectivity index (χ0) is 12.8. The Morgan fingerprint density at radius 2 is 1.78 bits per heavy atom. The zero-order valence-electron chi connectivity index (χ0n) is 9.90. The van der Waals surface area contributed by atoms with Gasteiger partial charge in [-0.25, -0.2) is 4.39 Å². The topological polar surface area (TPSA) is 47.3 Å². The molecule has 2 aromatic carbocycles. The third-order valence-electron chi connectivity index (χ3n) is 2.47. The van der Waals surface area contributed by atoms with Gasteiger partial charge in [0, 0.05) is 6.54 Å². The number of nitrogen functional groups attached to an aromatic ring is 1. The van der Waals surface area contributed by atoms with Gasteiger partial charge in [0.25, 0.3) is 0 Å². The summed E-state index contributed by atoms with van der Waals surface area (Å²) in [4.78, 5) is 0. The second-order valence-electron chi connectivity index (χ2n) is 3.79. The highest BCUT2D eigenvalue weighted by atomic mass is 19.1. The molecule has 0 atom stereocenters. The van der Waals surface area contributed by atoms with Crippen LogP contribution in [0.15, 0.2) is 48.5 Å². The lowest BCUT2D eigenvalue weighted by Crippen LogP contribution is -2.12. The molecule has 0 aliphatic carbocycles. The number of nitrogens with two attached hydrogens (primary N) is 1. The molecule has 0 radical (unpaired) electrons. The van der Waals surface area contributed by atoms with E-state index in [4.69, 9.17) is 10.5 Å². The predicted octanol–water partition coefficient (Wildman–Crippen LogP) is 2.90. The molecule has 0 unspecified atom stereocenters. The summed E-state index contributed by atoms with van der Waals surface area (Å²) in [7, 11) is 0. The number of para-hydroxylation sites is 3. The van der Waals surface area contributed by atoms with Crippen LogP contribution in [0.25, 0.3) is 0 Å². The predicted molar refractivity (Wildman–Crippen MR) is 71.2 cm³/mol. The van der Waals surface area contributed by atoms with E-state index in [9.17, 15) is 4.39 Å². The van der Waals surface area contributed by atoms with E-state index in [-0.39, 0.29) is 5.82 Å². The maximum absolute atomic E-state index is 13.3. The number of nitrogens with one attached hydrogen (secondary N) is 1. The summed E-state index contributed by atoms with van der Waals surface area (Å²) in [6.45, 7) is 0.928. The third kappa shape index (κ3) is 3.13. The number of benzene rings is 2. The molecule has 94 valence electrons. The van der Waals surface area contributed by atoms with Crippen molar-refractivity contribution in [2.24, 2.45) is 0 Å². The van der Waals surface area contributed by atoms with Gasteiger partial charge in [-0.05, 0) is 24.3 Å². The summed E-state index contributed by atoms with van der Waals surface area (Å²) >= 11 is 0. The number of hydrogen-bond donors (Lipinski definition) is 2. The van der Waals surface area contributed by atoms with E-state index in [1.807, 2.05) is 12.1 Å². The molecule has 0 fully saturated rings. The van der Waals surface area contributed by atoms with Crippen LogP contribution in [0.1, 0.15) is 0 Å². The maximum Gasteiger partial charge on any atom is 0.146 e. The average Bonchev–Trinajstić information content (AvgIpc) is 2.38. The molecule has 2 rings (SSSR count). The Labute approximate surface area is 105 Å². The van der Waals surface area contributed by atoms with Gasteiger partial charge in [0.15, 0.2) is 0 Å². The second kappa shape index (κ2) is 5.91. The van der Waals surface area contributed by atoms with Crippen LogP contribution in [-0.4, -0.2) is 13.2 Å². The Morgan fingerprint density at radius 3 is 2.56 bits per heavy atom. The van der Waals surface area contributed by atoms with E-state index in [0.29, 0.717) is 30.3 Å². The van der Waals surface area contributed by atoms with Crippen molar-refractivity contribution in [2.45, 2.75) is 0 Å². The molecule has 2 aromatic rings. The third-order valence-corrected chi connectivity index (χ3v) is 2.47. The first-order valence-corrected chi connectivity index (χ1v) is 5.73. The summed E-state index contributed by atoms with van der Waals surface area (Å²) in [5, 5.41) is 2.96. The lowest BCUT2D eigenvalue weighted by Gasteiger charge is -2.10. The normalized spacial score (nSPS) is 10.1. The number of hydrogen-bond acceptors (Lipinski definition) is 3. The van der Waals surface area contributed by atoms with Crippen LogP contribution in [0.2, 0.25) is 0 Å². The Kier molecular flexibility index (Phi) is 4.02. The van der Waals surface area contributed by atoms with Crippen molar-refractivity contribution in [1.29, 1.82) is 0 Å². The number of ether oxygens (including phenoxy) is 1. The number of rotatable bonds is 5. The molecule has 0 saturated carbocycles. The van der Waals surface area contributed by atoms with Crippen molar-refractivity contribution in [3.63, 3.8) is 0 Å². The Balaban J connectivity index is 1.80. The van der Waals surface area contributed by atoms with Crippen molar-refractivity contribution in [2.75, 3.05) is 24.2 Å². The van der Waals surface area contributed by atoms with Gasteiger partial charge >= 0.3 is 0 Å². The highest BCUT2D eigenvalue weighted by molar-refractivity contribution is 5.51. The van der Waals surface area contributed by atoms with E-state index in [1.54, 1.807) is 30.3 Å². The van der Waals surface area contributed by atoms with Crippen LogP contribution in [0.5, 0.6) is 5.75 Å². The molecule has 0 aliphatic rings. The number of anilines is 2. The summed E-state index contributed by atoms with van der Waals surface area (Å²) < 4.78 is 18.8. The van der Waals surface area contributed by atoms with E-state index >= 15 is 0 Å². The average molecular weight is 246 g/mol. The fraction of sp³-hybridized carbons (Fsp3) is 0.143. The zero-order valence-corrected chi connectivity index (χ0v) is 9.90. The van der Waals surface area contributed by atoms with Crippen molar-refractivity contribution in [3.05, 3.63) is 54.3 Å². The minimum Gasteiger partial charge on any atom is -0.490 e. The molecule has 18 heavy (non-hydrogen) atoms. The van der Waals surface area contributed by atoms with Crippen LogP contribution in [0.4, 0.5) is 15.8 Å². The summed E-state index contributed by atoms with van der Waals surface area (Å²) in [5.74, 6) is 0.379. The monoisotopic (exact) mass is 246 g/mol. The van der Waals surface area contributed by atoms with E-state index in [2.05, 4.69) is 5.32 Å². The molecule has 0 heterocycles. The molecule has 3 nitrogen and oxygen atoms in total. The largest absolute Gasteiger partial charge is 0.490 e. The molecular formula is C14H15FN2O. The fourth-order valence-electron chi connectivity index (χ4n) is 1.56. The lowest BCUT2D eigenvalue weighted by atomic mass is 10.3. The molecule has 4 heteroatoms. The Hall–Kier alpha value is -2.23. The van der Waals surface area contributed by atoms with Gasteiger partial charge in [0.05, 0.1) is 11.4 Å². The Bertz CT molecular complexity index is 469. The van der Waals surface area contributed by atoms with E-state index in [0.717, 1.165) is 0 Å². The first-order valence-electron chi connectivity index (χ1n) is 5.73. The van der Waals surface area contributed by atoms with Crippen molar-refractivity contribution >= 4 is 11.4 Å². The Morgan fingerprint density at radius 1 is 1.06 bits per heavy atom. The van der Waals surface area contributed by atoms with Gasteiger partial charge in [-0.15, -0.1) is 0 Å². The van der Waals surface area contributed by atoms with Crippen LogP contribution < -0.4 is 15.8 Å². The maximum atomic E-state index is 13.3. The highest BCUT2D eigenvalue weighted by Crippen LogP contribution is 2.19. The molecule has 0 spiro atoms. The standard InChI is InChI=1S/C14H15FN2O/c15-11-5-1-3-7-13(11)17-9-10-18-14-8-4-2-6-12(14)16/h1-8,17H,9-10,16H2. The summed E-state index contributed by atoms with van der Waals surface area (Å²) in [6.07, 6.45) is 0. The van der Waals surface area contributed by atoms with Gasteiger partial charge in [0.1, 0.15) is 18.2 Å². The lowest BCUT2D eigenvalue weighted by molar-refractivity contribution is 0.334. The molecular weight excluding hydrogens is 231 g/mol. The van der Waals surface area contributed by atoms with Crippen molar-refractivity contribution in [3.8, 4) is 5.75 Å². The van der Waals surface area contributed by atoms with Crippen molar-refractivity contribution in [1.82, 2.24) is 0 Å². The smallest absolute Gasteiger partial charge is 0.146 e. The van der Waals surface area contributed by atoms with Gasteiger partial charge in [-0.2, -0.15) is 0 Å². The first-order chi connectivity index (χ1) is 8.77. The highest BCUT2D eigenvalue weighted by Gasteiger charge is 2.00. The minimum atomic E-state index is -0.267. The van der Waals surface area contributed by atoms with Gasteiger partial charge in [0.2, 0.25) is 0 Å². The van der Waals surface area contributed by atoms with E-state index < -0.39 is 0 Å². The number of halogens is 1. The van der Waals surface area contributed by atoms with Gasteiger partial charge in [-0.1, -0.05) is 24.3 Å². The molecule has 3 N–H and O–H groups in total.